The van der Waals surface area contributed by atoms with Crippen molar-refractivity contribution in [1.29, 1.82) is 0 Å². The Bertz CT molecular complexity index is 1070. The van der Waals surface area contributed by atoms with Crippen LogP contribution < -0.4 is 10.1 Å². The van der Waals surface area contributed by atoms with Gasteiger partial charge in [0, 0.05) is 28.7 Å². The summed E-state index contributed by atoms with van der Waals surface area (Å²) >= 11 is 0. The van der Waals surface area contributed by atoms with E-state index in [0.717, 1.165) is 35.2 Å². The van der Waals surface area contributed by atoms with Crippen LogP contribution in [-0.4, -0.2) is 21.5 Å². The van der Waals surface area contributed by atoms with Crippen LogP contribution in [0.3, 0.4) is 0 Å². The first-order valence-corrected chi connectivity index (χ1v) is 9.48. The lowest BCUT2D eigenvalue weighted by atomic mass is 9.98. The first kappa shape index (κ1) is 18.2. The monoisotopic (exact) mass is 373 g/mol. The minimum absolute atomic E-state index is 0.188. The van der Waals surface area contributed by atoms with Crippen molar-refractivity contribution in [2.45, 2.75) is 26.4 Å². The molecule has 5 heteroatoms. The Morgan fingerprint density at radius 2 is 1.68 bits per heavy atom. The van der Waals surface area contributed by atoms with E-state index in [1.165, 1.54) is 11.1 Å². The highest BCUT2D eigenvalue weighted by atomic mass is 16.5. The van der Waals surface area contributed by atoms with E-state index in [1.807, 2.05) is 25.1 Å². The van der Waals surface area contributed by atoms with Gasteiger partial charge in [0.1, 0.15) is 24.0 Å². The number of methoxy groups -OCH3 is 1. The van der Waals surface area contributed by atoms with Crippen molar-refractivity contribution in [3.8, 4) is 5.75 Å². The smallest absolute Gasteiger partial charge is 0.234 e. The summed E-state index contributed by atoms with van der Waals surface area (Å²) in [5, 5.41) is 2.32. The van der Waals surface area contributed by atoms with Gasteiger partial charge in [0.2, 0.25) is 5.78 Å². The molecule has 0 aliphatic rings. The lowest BCUT2D eigenvalue weighted by Gasteiger charge is -2.16. The van der Waals surface area contributed by atoms with Gasteiger partial charge in [-0.25, -0.2) is 9.97 Å². The first-order valence-electron chi connectivity index (χ1n) is 9.48. The number of ether oxygens (including phenoxy) is 1. The van der Waals surface area contributed by atoms with Crippen LogP contribution in [-0.2, 0) is 6.54 Å². The number of imidazole rings is 1. The van der Waals surface area contributed by atoms with Crippen LogP contribution in [0.4, 0.5) is 0 Å². The van der Waals surface area contributed by atoms with Crippen molar-refractivity contribution >= 4 is 5.78 Å². The van der Waals surface area contributed by atoms with E-state index < -0.39 is 0 Å². The van der Waals surface area contributed by atoms with Gasteiger partial charge in [-0.1, -0.05) is 30.3 Å². The molecule has 0 fully saturated rings. The number of hydrogen-bond donors (Lipinski definition) is 1. The predicted molar refractivity (Wildman–Crippen MR) is 109 cm³/mol. The van der Waals surface area contributed by atoms with Gasteiger partial charge >= 0.3 is 0 Å². The summed E-state index contributed by atoms with van der Waals surface area (Å²) in [6, 6.07) is 21.1. The summed E-state index contributed by atoms with van der Waals surface area (Å²) in [6.07, 6.45) is 2.09. The van der Waals surface area contributed by atoms with Gasteiger partial charge in [0.15, 0.2) is 0 Å². The van der Waals surface area contributed by atoms with Crippen LogP contribution in [0.2, 0.25) is 0 Å². The standard InChI is InChI=1S/C23H24N4O/c1-16-13-17(2)27-15-20(26-23(27)25-16)14-24-22(18-7-5-4-6-8-18)19-9-11-21(28-3)12-10-19/h4-13,15,22,24H,14H2,1-3H3/p+1/t22-/m1/s1. The molecule has 0 saturated carbocycles. The van der Waals surface area contributed by atoms with Gasteiger partial charge in [-0.2, -0.15) is 0 Å². The van der Waals surface area contributed by atoms with E-state index in [9.17, 15) is 0 Å². The van der Waals surface area contributed by atoms with Crippen LogP contribution in [0.1, 0.15) is 34.3 Å². The third-order valence-electron chi connectivity index (χ3n) is 5.01. The number of nitrogens with two attached hydrogens (primary N) is 1. The van der Waals surface area contributed by atoms with Crippen LogP contribution in [0.25, 0.3) is 5.78 Å². The van der Waals surface area contributed by atoms with E-state index in [2.05, 4.69) is 70.3 Å². The number of benzene rings is 2. The molecule has 2 N–H and O–H groups in total. The summed E-state index contributed by atoms with van der Waals surface area (Å²) in [4.78, 5) is 9.27. The zero-order chi connectivity index (χ0) is 19.5. The minimum atomic E-state index is 0.188. The van der Waals surface area contributed by atoms with Crippen LogP contribution in [0.15, 0.2) is 66.9 Å². The largest absolute Gasteiger partial charge is 0.497 e. The SMILES string of the molecule is COc1ccc([C@H]([NH2+]Cc2cn3c(C)cc(C)nc3n2)c2ccccc2)cc1. The highest BCUT2D eigenvalue weighted by molar-refractivity contribution is 5.35. The minimum Gasteiger partial charge on any atom is -0.497 e. The molecule has 4 aromatic rings. The molecule has 28 heavy (non-hydrogen) atoms. The van der Waals surface area contributed by atoms with E-state index in [1.54, 1.807) is 7.11 Å². The van der Waals surface area contributed by atoms with E-state index in [0.29, 0.717) is 0 Å². The van der Waals surface area contributed by atoms with E-state index in [4.69, 9.17) is 9.72 Å². The van der Waals surface area contributed by atoms with E-state index >= 15 is 0 Å². The van der Waals surface area contributed by atoms with Gasteiger partial charge in [-0.3, -0.25) is 4.40 Å². The maximum Gasteiger partial charge on any atom is 0.234 e. The highest BCUT2D eigenvalue weighted by Gasteiger charge is 2.18. The fraction of sp³-hybridized carbons (Fsp3) is 0.217. The number of rotatable bonds is 6. The molecule has 2 aromatic carbocycles. The average Bonchev–Trinajstić information content (AvgIpc) is 3.12. The third-order valence-corrected chi connectivity index (χ3v) is 5.01. The fourth-order valence-corrected chi connectivity index (χ4v) is 3.59. The van der Waals surface area contributed by atoms with Crippen molar-refractivity contribution in [1.82, 2.24) is 14.4 Å². The summed E-state index contributed by atoms with van der Waals surface area (Å²) in [5.41, 5.74) is 5.67. The summed E-state index contributed by atoms with van der Waals surface area (Å²) < 4.78 is 7.37. The van der Waals surface area contributed by atoms with Gasteiger partial charge in [0.25, 0.3) is 0 Å². The molecule has 0 unspecified atom stereocenters. The lowest BCUT2D eigenvalue weighted by molar-refractivity contribution is -0.702. The molecule has 0 amide bonds. The zero-order valence-electron chi connectivity index (χ0n) is 16.5. The fourth-order valence-electron chi connectivity index (χ4n) is 3.59. The molecule has 2 heterocycles. The molecule has 0 aliphatic heterocycles. The Balaban J connectivity index is 1.61. The van der Waals surface area contributed by atoms with Crippen molar-refractivity contribution in [3.05, 3.63) is 95.1 Å². The molecule has 0 aliphatic carbocycles. The number of quaternary nitrogens is 1. The average molecular weight is 373 g/mol. The summed E-state index contributed by atoms with van der Waals surface area (Å²) in [7, 11) is 1.69. The number of aromatic nitrogens is 3. The number of hydrogen-bond acceptors (Lipinski definition) is 3. The van der Waals surface area contributed by atoms with Gasteiger partial charge in [-0.05, 0) is 44.2 Å². The third kappa shape index (κ3) is 3.75. The van der Waals surface area contributed by atoms with Crippen molar-refractivity contribution in [2.75, 3.05) is 7.11 Å². The van der Waals surface area contributed by atoms with Gasteiger partial charge < -0.3 is 10.1 Å². The van der Waals surface area contributed by atoms with Crippen molar-refractivity contribution in [3.63, 3.8) is 0 Å². The normalized spacial score (nSPS) is 12.2. The maximum absolute atomic E-state index is 5.31. The van der Waals surface area contributed by atoms with Gasteiger partial charge in [-0.15, -0.1) is 0 Å². The molecule has 142 valence electrons. The second-order valence-corrected chi connectivity index (χ2v) is 7.04. The Kier molecular flexibility index (Phi) is 5.08. The Morgan fingerprint density at radius 1 is 0.964 bits per heavy atom. The topological polar surface area (TPSA) is 56.0 Å². The molecule has 0 saturated heterocycles. The van der Waals surface area contributed by atoms with E-state index in [-0.39, 0.29) is 6.04 Å². The molecular weight excluding hydrogens is 348 g/mol. The molecular formula is C23H25N4O+. The number of aryl methyl sites for hydroxylation is 2. The number of nitrogens with zero attached hydrogens (tertiary/aromatic N) is 3. The molecule has 4 rings (SSSR count). The molecule has 2 aromatic heterocycles. The first-order chi connectivity index (χ1) is 13.6. The Hall–Kier alpha value is -3.18. The molecule has 0 bridgehead atoms. The molecule has 5 nitrogen and oxygen atoms in total. The lowest BCUT2D eigenvalue weighted by Crippen LogP contribution is -2.84. The highest BCUT2D eigenvalue weighted by Crippen LogP contribution is 2.21. The van der Waals surface area contributed by atoms with Crippen molar-refractivity contribution in [2.24, 2.45) is 0 Å². The molecule has 1 atom stereocenters. The summed E-state index contributed by atoms with van der Waals surface area (Å²) in [5.74, 6) is 1.63. The molecule has 0 radical (unpaired) electrons. The molecule has 0 spiro atoms. The second kappa shape index (κ2) is 7.82. The second-order valence-electron chi connectivity index (χ2n) is 7.04. The van der Waals surface area contributed by atoms with Crippen molar-refractivity contribution < 1.29 is 10.1 Å². The number of fused-ring (bicyclic) bond motifs is 1. The summed E-state index contributed by atoms with van der Waals surface area (Å²) in [6.45, 7) is 4.86. The maximum atomic E-state index is 5.31. The van der Waals surface area contributed by atoms with Crippen LogP contribution >= 0.6 is 0 Å². The van der Waals surface area contributed by atoms with Crippen LogP contribution in [0, 0.1) is 13.8 Å². The quantitative estimate of drug-likeness (QED) is 0.565. The Morgan fingerprint density at radius 3 is 2.39 bits per heavy atom. The predicted octanol–water partition coefficient (Wildman–Crippen LogP) is 3.21. The van der Waals surface area contributed by atoms with Crippen LogP contribution in [0.5, 0.6) is 5.75 Å². The van der Waals surface area contributed by atoms with Gasteiger partial charge in [0.05, 0.1) is 7.11 Å². The Labute approximate surface area is 165 Å². The zero-order valence-corrected chi connectivity index (χ0v) is 16.5.